The van der Waals surface area contributed by atoms with Crippen LogP contribution in [0.1, 0.15) is 16.1 Å². The normalized spacial score (nSPS) is 10.7. The van der Waals surface area contributed by atoms with Gasteiger partial charge >= 0.3 is 0 Å². The average Bonchev–Trinajstić information content (AvgIpc) is 2.54. The molecule has 2 aromatic heterocycles. The number of H-pyrrole nitrogens is 1. The second kappa shape index (κ2) is 3.48. The molecule has 0 aliphatic rings. The van der Waals surface area contributed by atoms with Crippen molar-refractivity contribution in [2.24, 2.45) is 0 Å². The monoisotopic (exact) mass is 221 g/mol. The minimum atomic E-state index is -0.368. The third-order valence-corrected chi connectivity index (χ3v) is 2.29. The SMILES string of the molecule is Cc1oc2nc[nH]c(=O)c2c1C(=O)N(C)C. The quantitative estimate of drug-likeness (QED) is 0.761. The first kappa shape index (κ1) is 10.4. The zero-order chi connectivity index (χ0) is 11.9. The van der Waals surface area contributed by atoms with Gasteiger partial charge in [-0.05, 0) is 6.92 Å². The van der Waals surface area contributed by atoms with Crippen LogP contribution >= 0.6 is 0 Å². The van der Waals surface area contributed by atoms with E-state index in [9.17, 15) is 9.59 Å². The fourth-order valence-electron chi connectivity index (χ4n) is 1.53. The van der Waals surface area contributed by atoms with Crippen molar-refractivity contribution < 1.29 is 9.21 Å². The van der Waals surface area contributed by atoms with E-state index in [2.05, 4.69) is 9.97 Å². The number of hydrogen-bond acceptors (Lipinski definition) is 4. The molecule has 6 heteroatoms. The van der Waals surface area contributed by atoms with Crippen molar-refractivity contribution in [3.8, 4) is 0 Å². The van der Waals surface area contributed by atoms with Crippen LogP contribution in [0.15, 0.2) is 15.5 Å². The van der Waals surface area contributed by atoms with Crippen LogP contribution in [0.3, 0.4) is 0 Å². The van der Waals surface area contributed by atoms with Crippen LogP contribution in [0.4, 0.5) is 0 Å². The van der Waals surface area contributed by atoms with Gasteiger partial charge < -0.3 is 14.3 Å². The highest BCUT2D eigenvalue weighted by atomic mass is 16.3. The lowest BCUT2D eigenvalue weighted by Gasteiger charge is -2.08. The van der Waals surface area contributed by atoms with Gasteiger partial charge in [-0.1, -0.05) is 0 Å². The molecule has 0 radical (unpaired) electrons. The third-order valence-electron chi connectivity index (χ3n) is 2.29. The molecule has 1 amide bonds. The van der Waals surface area contributed by atoms with Crippen LogP contribution in [0.25, 0.3) is 11.1 Å². The number of carbonyl (C=O) groups excluding carboxylic acids is 1. The van der Waals surface area contributed by atoms with Crippen molar-refractivity contribution in [2.75, 3.05) is 14.1 Å². The number of aryl methyl sites for hydroxylation is 1. The van der Waals surface area contributed by atoms with Crippen molar-refractivity contribution in [2.45, 2.75) is 6.92 Å². The highest BCUT2D eigenvalue weighted by Gasteiger charge is 2.22. The molecule has 0 unspecified atom stereocenters. The maximum Gasteiger partial charge on any atom is 0.262 e. The van der Waals surface area contributed by atoms with Crippen LogP contribution in [0, 0.1) is 6.92 Å². The molecule has 0 spiro atoms. The van der Waals surface area contributed by atoms with Gasteiger partial charge in [-0.3, -0.25) is 9.59 Å². The molecular formula is C10H11N3O3. The third kappa shape index (κ3) is 1.39. The van der Waals surface area contributed by atoms with E-state index in [0.717, 1.165) is 0 Å². The molecule has 0 bridgehead atoms. The number of nitrogens with one attached hydrogen (secondary N) is 1. The summed E-state index contributed by atoms with van der Waals surface area (Å²) in [5.41, 5.74) is 0.0906. The minimum Gasteiger partial charge on any atom is -0.442 e. The summed E-state index contributed by atoms with van der Waals surface area (Å²) >= 11 is 0. The molecule has 0 aromatic carbocycles. The smallest absolute Gasteiger partial charge is 0.262 e. The van der Waals surface area contributed by atoms with Gasteiger partial charge in [-0.25, -0.2) is 4.98 Å². The van der Waals surface area contributed by atoms with Crippen molar-refractivity contribution in [3.05, 3.63) is 28.0 Å². The van der Waals surface area contributed by atoms with E-state index in [1.54, 1.807) is 21.0 Å². The van der Waals surface area contributed by atoms with E-state index in [-0.39, 0.29) is 28.1 Å². The standard InChI is InChI=1S/C10H11N3O3/c1-5-6(10(15)13(2)3)7-8(14)11-4-12-9(7)16-5/h4H,1-3H3,(H,11,12,14). The Morgan fingerprint density at radius 2 is 2.19 bits per heavy atom. The molecule has 0 aliphatic carbocycles. The van der Waals surface area contributed by atoms with Gasteiger partial charge in [0, 0.05) is 14.1 Å². The Hall–Kier alpha value is -2.11. The fourth-order valence-corrected chi connectivity index (χ4v) is 1.53. The molecule has 2 rings (SSSR count). The van der Waals surface area contributed by atoms with E-state index < -0.39 is 0 Å². The number of rotatable bonds is 1. The van der Waals surface area contributed by atoms with Crippen molar-refractivity contribution in [3.63, 3.8) is 0 Å². The Bertz CT molecular complexity index is 609. The number of aromatic nitrogens is 2. The second-order valence-corrected chi connectivity index (χ2v) is 3.64. The zero-order valence-corrected chi connectivity index (χ0v) is 9.20. The molecule has 16 heavy (non-hydrogen) atoms. The summed E-state index contributed by atoms with van der Waals surface area (Å²) in [4.78, 5) is 31.2. The highest BCUT2D eigenvalue weighted by molar-refractivity contribution is 6.05. The summed E-state index contributed by atoms with van der Waals surface area (Å²) in [6, 6.07) is 0. The summed E-state index contributed by atoms with van der Waals surface area (Å²) in [7, 11) is 3.23. The van der Waals surface area contributed by atoms with Crippen LogP contribution < -0.4 is 5.56 Å². The molecule has 2 heterocycles. The summed E-state index contributed by atoms with van der Waals surface area (Å²) < 4.78 is 5.27. The number of furan rings is 1. The molecule has 0 atom stereocenters. The number of aromatic amines is 1. The van der Waals surface area contributed by atoms with Gasteiger partial charge in [0.15, 0.2) is 0 Å². The maximum atomic E-state index is 11.9. The zero-order valence-electron chi connectivity index (χ0n) is 9.20. The predicted octanol–water partition coefficient (Wildman–Crippen LogP) is 0.526. The Labute approximate surface area is 90.9 Å². The fraction of sp³-hybridized carbons (Fsp3) is 0.300. The molecule has 6 nitrogen and oxygen atoms in total. The minimum absolute atomic E-state index is 0.187. The van der Waals surface area contributed by atoms with Gasteiger partial charge in [0.25, 0.3) is 11.5 Å². The van der Waals surface area contributed by atoms with E-state index in [1.807, 2.05) is 0 Å². The van der Waals surface area contributed by atoms with Crippen LogP contribution in [-0.4, -0.2) is 34.9 Å². The van der Waals surface area contributed by atoms with Crippen LogP contribution in [0.2, 0.25) is 0 Å². The van der Waals surface area contributed by atoms with E-state index in [4.69, 9.17) is 4.42 Å². The van der Waals surface area contributed by atoms with Crippen LogP contribution in [-0.2, 0) is 0 Å². The lowest BCUT2D eigenvalue weighted by molar-refractivity contribution is 0.0827. The number of amides is 1. The van der Waals surface area contributed by atoms with E-state index >= 15 is 0 Å². The number of hydrogen-bond donors (Lipinski definition) is 1. The first-order valence-corrected chi connectivity index (χ1v) is 4.71. The van der Waals surface area contributed by atoms with E-state index in [1.165, 1.54) is 11.2 Å². The summed E-state index contributed by atoms with van der Waals surface area (Å²) in [6.07, 6.45) is 1.25. The number of fused-ring (bicyclic) bond motifs is 1. The van der Waals surface area contributed by atoms with Gasteiger partial charge in [0.2, 0.25) is 5.71 Å². The lowest BCUT2D eigenvalue weighted by Crippen LogP contribution is -2.23. The highest BCUT2D eigenvalue weighted by Crippen LogP contribution is 2.21. The predicted molar refractivity (Wildman–Crippen MR) is 57.4 cm³/mol. The van der Waals surface area contributed by atoms with Gasteiger partial charge in [-0.2, -0.15) is 0 Å². The maximum absolute atomic E-state index is 11.9. The first-order valence-electron chi connectivity index (χ1n) is 4.71. The van der Waals surface area contributed by atoms with Gasteiger partial charge in [-0.15, -0.1) is 0 Å². The van der Waals surface area contributed by atoms with Gasteiger partial charge in [0.05, 0.1) is 11.9 Å². The largest absolute Gasteiger partial charge is 0.442 e. The lowest BCUT2D eigenvalue weighted by atomic mass is 10.2. The number of carbonyl (C=O) groups is 1. The molecule has 0 aliphatic heterocycles. The Morgan fingerprint density at radius 3 is 2.81 bits per heavy atom. The Balaban J connectivity index is 2.83. The molecule has 1 N–H and O–H groups in total. The molecular weight excluding hydrogens is 210 g/mol. The topological polar surface area (TPSA) is 79.2 Å². The second-order valence-electron chi connectivity index (χ2n) is 3.64. The first-order chi connectivity index (χ1) is 7.52. The van der Waals surface area contributed by atoms with Crippen molar-refractivity contribution in [1.82, 2.24) is 14.9 Å². The Morgan fingerprint density at radius 1 is 1.50 bits per heavy atom. The molecule has 0 saturated carbocycles. The van der Waals surface area contributed by atoms with Gasteiger partial charge in [0.1, 0.15) is 11.1 Å². The molecule has 0 saturated heterocycles. The van der Waals surface area contributed by atoms with E-state index in [0.29, 0.717) is 5.76 Å². The summed E-state index contributed by atoms with van der Waals surface area (Å²) in [6.45, 7) is 1.64. The molecule has 84 valence electrons. The Kier molecular flexibility index (Phi) is 2.26. The molecule has 2 aromatic rings. The average molecular weight is 221 g/mol. The van der Waals surface area contributed by atoms with Crippen LogP contribution in [0.5, 0.6) is 0 Å². The summed E-state index contributed by atoms with van der Waals surface area (Å²) in [5, 5.41) is 0.207. The van der Waals surface area contributed by atoms with Crippen molar-refractivity contribution in [1.29, 1.82) is 0 Å². The summed E-state index contributed by atoms with van der Waals surface area (Å²) in [5.74, 6) is 0.132. The molecule has 0 fully saturated rings. The van der Waals surface area contributed by atoms with Crippen molar-refractivity contribution >= 4 is 17.0 Å². The number of nitrogens with zero attached hydrogens (tertiary/aromatic N) is 2.